The number of aromatic hydroxyl groups is 2. The van der Waals surface area contributed by atoms with Crippen molar-refractivity contribution >= 4 is 5.91 Å². The third kappa shape index (κ3) is 4.25. The molecule has 0 aliphatic rings. The molecule has 18 heavy (non-hydrogen) atoms. The Morgan fingerprint density at radius 2 is 1.78 bits per heavy atom. The van der Waals surface area contributed by atoms with Gasteiger partial charge in [-0.1, -0.05) is 13.8 Å². The molecule has 0 radical (unpaired) electrons. The highest BCUT2D eigenvalue weighted by molar-refractivity contribution is 5.95. The van der Waals surface area contributed by atoms with Gasteiger partial charge in [0.25, 0.3) is 5.91 Å². The summed E-state index contributed by atoms with van der Waals surface area (Å²) >= 11 is 0. The molecule has 4 N–H and O–H groups in total. The lowest BCUT2D eigenvalue weighted by Gasteiger charge is -2.23. The number of aliphatic hydroxyl groups excluding tert-OH is 1. The zero-order chi connectivity index (χ0) is 13.8. The number of aliphatic hydroxyl groups is 1. The molecule has 100 valence electrons. The first-order valence-electron chi connectivity index (χ1n) is 5.76. The molecular weight excluding hydrogens is 234 g/mol. The van der Waals surface area contributed by atoms with Crippen LogP contribution in [0.25, 0.3) is 0 Å². The monoisotopic (exact) mass is 253 g/mol. The SMILES string of the molecule is CC(C)(CCO)CNC(=O)c1cc(O)cc(O)c1. The van der Waals surface area contributed by atoms with Crippen molar-refractivity contribution in [1.29, 1.82) is 0 Å². The van der Waals surface area contributed by atoms with Crippen LogP contribution in [-0.2, 0) is 0 Å². The van der Waals surface area contributed by atoms with E-state index < -0.39 is 0 Å². The number of nitrogens with one attached hydrogen (secondary N) is 1. The molecule has 5 nitrogen and oxygen atoms in total. The summed E-state index contributed by atoms with van der Waals surface area (Å²) in [6, 6.07) is 3.73. The van der Waals surface area contributed by atoms with Crippen molar-refractivity contribution in [3.05, 3.63) is 23.8 Å². The van der Waals surface area contributed by atoms with Crippen LogP contribution in [-0.4, -0.2) is 34.4 Å². The number of rotatable bonds is 5. The molecule has 1 aromatic carbocycles. The number of hydrogen-bond acceptors (Lipinski definition) is 4. The fourth-order valence-corrected chi connectivity index (χ4v) is 1.54. The summed E-state index contributed by atoms with van der Waals surface area (Å²) in [5, 5.41) is 30.1. The molecular formula is C13H19NO4. The molecule has 0 saturated heterocycles. The first kappa shape index (κ1) is 14.3. The maximum Gasteiger partial charge on any atom is 0.251 e. The minimum Gasteiger partial charge on any atom is -0.508 e. The topological polar surface area (TPSA) is 89.8 Å². The number of benzene rings is 1. The van der Waals surface area contributed by atoms with E-state index in [1.54, 1.807) is 0 Å². The van der Waals surface area contributed by atoms with Crippen LogP contribution in [0.1, 0.15) is 30.6 Å². The van der Waals surface area contributed by atoms with E-state index >= 15 is 0 Å². The second-order valence-electron chi connectivity index (χ2n) is 5.06. The molecule has 0 atom stereocenters. The molecule has 1 amide bonds. The third-order valence-corrected chi connectivity index (χ3v) is 2.68. The second-order valence-corrected chi connectivity index (χ2v) is 5.06. The minimum atomic E-state index is -0.368. The van der Waals surface area contributed by atoms with Crippen LogP contribution in [0.15, 0.2) is 18.2 Å². The molecule has 0 aliphatic carbocycles. The zero-order valence-electron chi connectivity index (χ0n) is 10.6. The molecule has 0 aromatic heterocycles. The molecule has 0 heterocycles. The fourth-order valence-electron chi connectivity index (χ4n) is 1.54. The molecule has 5 heteroatoms. The first-order chi connectivity index (χ1) is 8.34. The third-order valence-electron chi connectivity index (χ3n) is 2.68. The minimum absolute atomic E-state index is 0.0653. The van der Waals surface area contributed by atoms with Crippen molar-refractivity contribution < 1.29 is 20.1 Å². The predicted octanol–water partition coefficient (Wildman–Crippen LogP) is 1.24. The van der Waals surface area contributed by atoms with Gasteiger partial charge in [-0.05, 0) is 24.0 Å². The Balaban J connectivity index is 2.66. The summed E-state index contributed by atoms with van der Waals surface area (Å²) in [6.07, 6.45) is 0.582. The van der Waals surface area contributed by atoms with E-state index in [4.69, 9.17) is 5.11 Å². The number of carbonyl (C=O) groups excluding carboxylic acids is 1. The van der Waals surface area contributed by atoms with Crippen molar-refractivity contribution in [1.82, 2.24) is 5.32 Å². The maximum absolute atomic E-state index is 11.8. The Kier molecular flexibility index (Phi) is 4.55. The fraction of sp³-hybridized carbons (Fsp3) is 0.462. The second kappa shape index (κ2) is 5.73. The van der Waals surface area contributed by atoms with Crippen molar-refractivity contribution in [2.75, 3.05) is 13.2 Å². The number of phenols is 2. The summed E-state index contributed by atoms with van der Waals surface area (Å²) in [6.45, 7) is 4.34. The van der Waals surface area contributed by atoms with E-state index in [1.807, 2.05) is 13.8 Å². The summed E-state index contributed by atoms with van der Waals surface area (Å²) in [5.41, 5.74) is -0.00388. The molecule has 0 fully saturated rings. The summed E-state index contributed by atoms with van der Waals surface area (Å²) in [7, 11) is 0. The summed E-state index contributed by atoms with van der Waals surface area (Å²) in [4.78, 5) is 11.8. The van der Waals surface area contributed by atoms with Crippen molar-refractivity contribution in [2.24, 2.45) is 5.41 Å². The van der Waals surface area contributed by atoms with Gasteiger partial charge in [0.1, 0.15) is 11.5 Å². The van der Waals surface area contributed by atoms with Crippen LogP contribution in [0, 0.1) is 5.41 Å². The van der Waals surface area contributed by atoms with E-state index in [-0.39, 0.29) is 35.0 Å². The molecule has 0 bridgehead atoms. The van der Waals surface area contributed by atoms with Crippen LogP contribution in [0.3, 0.4) is 0 Å². The van der Waals surface area contributed by atoms with Crippen molar-refractivity contribution in [3.8, 4) is 11.5 Å². The highest BCUT2D eigenvalue weighted by Crippen LogP contribution is 2.21. The summed E-state index contributed by atoms with van der Waals surface area (Å²) in [5.74, 6) is -0.684. The predicted molar refractivity (Wildman–Crippen MR) is 67.6 cm³/mol. The lowest BCUT2D eigenvalue weighted by Crippen LogP contribution is -2.34. The Morgan fingerprint density at radius 1 is 1.22 bits per heavy atom. The molecule has 0 saturated carbocycles. The number of amides is 1. The Hall–Kier alpha value is -1.75. The van der Waals surface area contributed by atoms with Gasteiger partial charge in [-0.25, -0.2) is 0 Å². The maximum atomic E-state index is 11.8. The van der Waals surface area contributed by atoms with Crippen LogP contribution < -0.4 is 5.32 Å². The van der Waals surface area contributed by atoms with Crippen LogP contribution in [0.2, 0.25) is 0 Å². The van der Waals surface area contributed by atoms with Crippen LogP contribution in [0.4, 0.5) is 0 Å². The Morgan fingerprint density at radius 3 is 2.28 bits per heavy atom. The number of phenolic OH excluding ortho intramolecular Hbond substituents is 2. The zero-order valence-corrected chi connectivity index (χ0v) is 10.6. The summed E-state index contributed by atoms with van der Waals surface area (Å²) < 4.78 is 0. The lowest BCUT2D eigenvalue weighted by molar-refractivity contribution is 0.0927. The molecule has 0 spiro atoms. The van der Waals surface area contributed by atoms with Gasteiger partial charge < -0.3 is 20.6 Å². The van der Waals surface area contributed by atoms with E-state index in [0.717, 1.165) is 6.07 Å². The van der Waals surface area contributed by atoms with Gasteiger partial charge in [-0.2, -0.15) is 0 Å². The lowest BCUT2D eigenvalue weighted by atomic mass is 9.89. The Bertz CT molecular complexity index is 409. The number of carbonyl (C=O) groups is 1. The van der Waals surface area contributed by atoms with Gasteiger partial charge in [0, 0.05) is 24.8 Å². The Labute approximate surface area is 106 Å². The quantitative estimate of drug-likeness (QED) is 0.635. The highest BCUT2D eigenvalue weighted by atomic mass is 16.3. The van der Waals surface area contributed by atoms with Crippen molar-refractivity contribution in [3.63, 3.8) is 0 Å². The highest BCUT2D eigenvalue weighted by Gasteiger charge is 2.18. The molecule has 0 unspecified atom stereocenters. The molecule has 1 rings (SSSR count). The number of hydrogen-bond donors (Lipinski definition) is 4. The van der Waals surface area contributed by atoms with Gasteiger partial charge in [-0.15, -0.1) is 0 Å². The van der Waals surface area contributed by atoms with Gasteiger partial charge in [0.15, 0.2) is 0 Å². The van der Waals surface area contributed by atoms with E-state index in [2.05, 4.69) is 5.32 Å². The molecule has 0 aliphatic heterocycles. The van der Waals surface area contributed by atoms with Crippen LogP contribution >= 0.6 is 0 Å². The van der Waals surface area contributed by atoms with Crippen LogP contribution in [0.5, 0.6) is 11.5 Å². The van der Waals surface area contributed by atoms with Crippen molar-refractivity contribution in [2.45, 2.75) is 20.3 Å². The smallest absolute Gasteiger partial charge is 0.251 e. The molecule has 1 aromatic rings. The van der Waals surface area contributed by atoms with Gasteiger partial charge >= 0.3 is 0 Å². The van der Waals surface area contributed by atoms with E-state index in [0.29, 0.717) is 13.0 Å². The van der Waals surface area contributed by atoms with E-state index in [9.17, 15) is 15.0 Å². The average Bonchev–Trinajstić information content (AvgIpc) is 2.24. The largest absolute Gasteiger partial charge is 0.508 e. The van der Waals surface area contributed by atoms with E-state index in [1.165, 1.54) is 12.1 Å². The standard InChI is InChI=1S/C13H19NO4/c1-13(2,3-4-15)8-14-12(18)9-5-10(16)7-11(17)6-9/h5-7,15-17H,3-4,8H2,1-2H3,(H,14,18). The normalized spacial score (nSPS) is 11.3. The first-order valence-corrected chi connectivity index (χ1v) is 5.76. The average molecular weight is 253 g/mol. The van der Waals surface area contributed by atoms with Gasteiger partial charge in [0.2, 0.25) is 0 Å². The van der Waals surface area contributed by atoms with Gasteiger partial charge in [-0.3, -0.25) is 4.79 Å². The van der Waals surface area contributed by atoms with Gasteiger partial charge in [0.05, 0.1) is 0 Å².